The Morgan fingerprint density at radius 1 is 1.38 bits per heavy atom. The van der Waals surface area contributed by atoms with Crippen molar-refractivity contribution in [2.75, 3.05) is 11.9 Å². The van der Waals surface area contributed by atoms with Gasteiger partial charge in [0, 0.05) is 6.42 Å². The lowest BCUT2D eigenvalue weighted by atomic mass is 10.5. The first kappa shape index (κ1) is 12.6. The summed E-state index contributed by atoms with van der Waals surface area (Å²) in [4.78, 5) is 22.2. The van der Waals surface area contributed by atoms with Crippen molar-refractivity contribution in [2.24, 2.45) is 0 Å². The number of anilines is 1. The zero-order valence-corrected chi connectivity index (χ0v) is 9.97. The van der Waals surface area contributed by atoms with E-state index in [0.29, 0.717) is 23.2 Å². The van der Waals surface area contributed by atoms with Gasteiger partial charge in [0.25, 0.3) is 0 Å². The van der Waals surface area contributed by atoms with Crippen LogP contribution in [0.2, 0.25) is 0 Å². The molecule has 0 saturated heterocycles. The number of carbonyl (C=O) groups is 2. The van der Waals surface area contributed by atoms with Gasteiger partial charge in [0.15, 0.2) is 0 Å². The first-order valence-corrected chi connectivity index (χ1v) is 5.75. The van der Waals surface area contributed by atoms with Gasteiger partial charge in [-0.3, -0.25) is 9.59 Å². The molecule has 0 unspecified atom stereocenters. The van der Waals surface area contributed by atoms with E-state index in [9.17, 15) is 9.59 Å². The number of ether oxygens (including phenoxy) is 1. The third kappa shape index (κ3) is 3.93. The summed E-state index contributed by atoms with van der Waals surface area (Å²) in [6, 6.07) is 0. The molecule has 7 heteroatoms. The number of aromatic nitrogens is 2. The van der Waals surface area contributed by atoms with Crippen molar-refractivity contribution in [3.63, 3.8) is 0 Å². The van der Waals surface area contributed by atoms with Gasteiger partial charge < -0.3 is 10.1 Å². The van der Waals surface area contributed by atoms with Crippen LogP contribution in [0.4, 0.5) is 5.13 Å². The summed E-state index contributed by atoms with van der Waals surface area (Å²) in [5.41, 5.74) is 0. The number of rotatable bonds is 5. The van der Waals surface area contributed by atoms with Gasteiger partial charge in [-0.25, -0.2) is 0 Å². The van der Waals surface area contributed by atoms with Crippen LogP contribution in [0.1, 0.15) is 25.3 Å². The Labute approximate surface area is 97.0 Å². The Balaban J connectivity index is 2.51. The summed E-state index contributed by atoms with van der Waals surface area (Å²) < 4.78 is 4.77. The molecule has 1 N–H and O–H groups in total. The van der Waals surface area contributed by atoms with Crippen LogP contribution in [0.5, 0.6) is 0 Å². The van der Waals surface area contributed by atoms with E-state index in [1.165, 1.54) is 11.3 Å². The monoisotopic (exact) mass is 243 g/mol. The van der Waals surface area contributed by atoms with Crippen LogP contribution < -0.4 is 5.32 Å². The van der Waals surface area contributed by atoms with Crippen LogP contribution >= 0.6 is 11.3 Å². The summed E-state index contributed by atoms with van der Waals surface area (Å²) in [7, 11) is 0. The third-order valence-electron chi connectivity index (χ3n) is 1.64. The SMILES string of the molecule is CCOC(=O)Cc1nnc(NC(=O)CC)s1. The van der Waals surface area contributed by atoms with Crippen LogP contribution in [-0.4, -0.2) is 28.7 Å². The van der Waals surface area contributed by atoms with E-state index in [1.54, 1.807) is 13.8 Å². The molecule has 0 aliphatic carbocycles. The van der Waals surface area contributed by atoms with E-state index >= 15 is 0 Å². The van der Waals surface area contributed by atoms with E-state index in [1.807, 2.05) is 0 Å². The van der Waals surface area contributed by atoms with Crippen LogP contribution in [-0.2, 0) is 20.7 Å². The number of amides is 1. The smallest absolute Gasteiger partial charge is 0.312 e. The summed E-state index contributed by atoms with van der Waals surface area (Å²) >= 11 is 1.18. The van der Waals surface area contributed by atoms with Gasteiger partial charge in [-0.05, 0) is 6.92 Å². The maximum absolute atomic E-state index is 11.1. The maximum atomic E-state index is 11.1. The van der Waals surface area contributed by atoms with Crippen molar-refractivity contribution in [3.05, 3.63) is 5.01 Å². The molecule has 0 aliphatic rings. The summed E-state index contributed by atoms with van der Waals surface area (Å²) in [5, 5.41) is 11.0. The fraction of sp³-hybridized carbons (Fsp3) is 0.556. The van der Waals surface area contributed by atoms with Crippen molar-refractivity contribution in [2.45, 2.75) is 26.7 Å². The second kappa shape index (κ2) is 6.16. The average Bonchev–Trinajstić information content (AvgIpc) is 2.65. The van der Waals surface area contributed by atoms with Gasteiger partial charge in [-0.2, -0.15) is 0 Å². The van der Waals surface area contributed by atoms with E-state index in [-0.39, 0.29) is 18.3 Å². The van der Waals surface area contributed by atoms with Crippen LogP contribution in [0, 0.1) is 0 Å². The lowest BCUT2D eigenvalue weighted by molar-refractivity contribution is -0.142. The molecular formula is C9H13N3O3S. The van der Waals surface area contributed by atoms with Crippen molar-refractivity contribution in [3.8, 4) is 0 Å². The number of esters is 1. The van der Waals surface area contributed by atoms with Gasteiger partial charge in [-0.1, -0.05) is 18.3 Å². The molecule has 1 aromatic heterocycles. The van der Waals surface area contributed by atoms with Gasteiger partial charge in [0.1, 0.15) is 5.01 Å². The predicted octanol–water partition coefficient (Wildman–Crippen LogP) is 0.992. The van der Waals surface area contributed by atoms with Gasteiger partial charge in [0.2, 0.25) is 11.0 Å². The average molecular weight is 243 g/mol. The Morgan fingerprint density at radius 3 is 2.75 bits per heavy atom. The van der Waals surface area contributed by atoms with Crippen molar-refractivity contribution < 1.29 is 14.3 Å². The molecule has 1 rings (SSSR count). The highest BCUT2D eigenvalue weighted by molar-refractivity contribution is 7.15. The summed E-state index contributed by atoms with van der Waals surface area (Å²) in [6.45, 7) is 3.83. The number of hydrogen-bond acceptors (Lipinski definition) is 6. The summed E-state index contributed by atoms with van der Waals surface area (Å²) in [5.74, 6) is -0.467. The standard InChI is InChI=1S/C9H13N3O3S/c1-3-6(13)10-9-12-11-7(16-9)5-8(14)15-4-2/h3-5H2,1-2H3,(H,10,12,13). The molecule has 0 radical (unpaired) electrons. The van der Waals surface area contributed by atoms with E-state index in [4.69, 9.17) is 4.74 Å². The van der Waals surface area contributed by atoms with E-state index in [2.05, 4.69) is 15.5 Å². The Hall–Kier alpha value is -1.50. The molecule has 0 aliphatic heterocycles. The highest BCUT2D eigenvalue weighted by Crippen LogP contribution is 2.16. The fourth-order valence-corrected chi connectivity index (χ4v) is 1.66. The molecule has 1 heterocycles. The van der Waals surface area contributed by atoms with Gasteiger partial charge >= 0.3 is 5.97 Å². The zero-order valence-electron chi connectivity index (χ0n) is 9.15. The quantitative estimate of drug-likeness (QED) is 0.780. The molecule has 0 fully saturated rings. The minimum atomic E-state index is -0.341. The Bertz CT molecular complexity index is 378. The van der Waals surface area contributed by atoms with Crippen molar-refractivity contribution in [1.29, 1.82) is 0 Å². The van der Waals surface area contributed by atoms with Crippen LogP contribution in [0.15, 0.2) is 0 Å². The molecule has 1 aromatic rings. The molecular weight excluding hydrogens is 230 g/mol. The van der Waals surface area contributed by atoms with E-state index < -0.39 is 0 Å². The third-order valence-corrected chi connectivity index (χ3v) is 2.47. The highest BCUT2D eigenvalue weighted by atomic mass is 32.1. The summed E-state index contributed by atoms with van der Waals surface area (Å²) in [6.07, 6.45) is 0.473. The second-order valence-electron chi connectivity index (χ2n) is 2.88. The number of hydrogen-bond donors (Lipinski definition) is 1. The molecule has 0 bridgehead atoms. The zero-order chi connectivity index (χ0) is 12.0. The topological polar surface area (TPSA) is 81.2 Å². The molecule has 0 saturated carbocycles. The maximum Gasteiger partial charge on any atom is 0.312 e. The second-order valence-corrected chi connectivity index (χ2v) is 3.95. The lowest BCUT2D eigenvalue weighted by Gasteiger charge is -1.97. The fourth-order valence-electron chi connectivity index (χ4n) is 0.919. The lowest BCUT2D eigenvalue weighted by Crippen LogP contribution is -2.08. The Morgan fingerprint density at radius 2 is 2.12 bits per heavy atom. The van der Waals surface area contributed by atoms with Crippen molar-refractivity contribution in [1.82, 2.24) is 10.2 Å². The normalized spacial score (nSPS) is 9.88. The largest absolute Gasteiger partial charge is 0.466 e. The minimum absolute atomic E-state index is 0.0908. The van der Waals surface area contributed by atoms with Crippen LogP contribution in [0.25, 0.3) is 0 Å². The van der Waals surface area contributed by atoms with Gasteiger partial charge in [-0.15, -0.1) is 10.2 Å². The van der Waals surface area contributed by atoms with Gasteiger partial charge in [0.05, 0.1) is 13.0 Å². The molecule has 1 amide bonds. The first-order chi connectivity index (χ1) is 7.65. The highest BCUT2D eigenvalue weighted by Gasteiger charge is 2.10. The molecule has 0 spiro atoms. The molecule has 16 heavy (non-hydrogen) atoms. The minimum Gasteiger partial charge on any atom is -0.466 e. The van der Waals surface area contributed by atoms with E-state index in [0.717, 1.165) is 0 Å². The predicted molar refractivity (Wildman–Crippen MR) is 59.2 cm³/mol. The molecule has 88 valence electrons. The molecule has 6 nitrogen and oxygen atoms in total. The molecule has 0 atom stereocenters. The number of carbonyl (C=O) groups excluding carboxylic acids is 2. The number of nitrogens with zero attached hydrogens (tertiary/aromatic N) is 2. The molecule has 0 aromatic carbocycles. The van der Waals surface area contributed by atoms with Crippen molar-refractivity contribution >= 4 is 28.3 Å². The van der Waals surface area contributed by atoms with Crippen LogP contribution in [0.3, 0.4) is 0 Å². The number of nitrogens with one attached hydrogen (secondary N) is 1. The Kier molecular flexibility index (Phi) is 4.84. The first-order valence-electron chi connectivity index (χ1n) is 4.93.